The van der Waals surface area contributed by atoms with Crippen LogP contribution in [0.1, 0.15) is 23.7 Å². The van der Waals surface area contributed by atoms with E-state index >= 15 is 0 Å². The molecule has 4 rings (SSSR count). The number of rotatable bonds is 7. The summed E-state index contributed by atoms with van der Waals surface area (Å²) in [6.45, 7) is 4.25. The van der Waals surface area contributed by atoms with E-state index in [1.807, 2.05) is 31.9 Å². The number of hydrogen-bond donors (Lipinski definition) is 2. The monoisotopic (exact) mass is 456 g/mol. The molecule has 8 nitrogen and oxygen atoms in total. The SMILES string of the molecule is CO[C@H](C)C1C(=O)Nc2c(cc(NCc3cnn(Cc4cccc(F)c4F)c3)nc2C)N1C. The average molecular weight is 456 g/mol. The summed E-state index contributed by atoms with van der Waals surface area (Å²) < 4.78 is 34.3. The smallest absolute Gasteiger partial charge is 0.249 e. The fourth-order valence-corrected chi connectivity index (χ4v) is 3.98. The van der Waals surface area contributed by atoms with Crippen LogP contribution in [0.15, 0.2) is 36.7 Å². The van der Waals surface area contributed by atoms with Crippen molar-refractivity contribution < 1.29 is 18.3 Å². The van der Waals surface area contributed by atoms with Gasteiger partial charge in [-0.05, 0) is 19.9 Å². The van der Waals surface area contributed by atoms with Gasteiger partial charge in [-0.15, -0.1) is 0 Å². The highest BCUT2D eigenvalue weighted by molar-refractivity contribution is 6.04. The van der Waals surface area contributed by atoms with Gasteiger partial charge in [0.2, 0.25) is 5.91 Å². The van der Waals surface area contributed by atoms with Crippen LogP contribution in [0.2, 0.25) is 0 Å². The minimum absolute atomic E-state index is 0.128. The minimum atomic E-state index is -0.876. The molecule has 2 N–H and O–H groups in total. The first-order valence-electron chi connectivity index (χ1n) is 10.5. The van der Waals surface area contributed by atoms with Crippen LogP contribution in [0, 0.1) is 18.6 Å². The number of ether oxygens (including phenoxy) is 1. The number of nitrogens with one attached hydrogen (secondary N) is 2. The van der Waals surface area contributed by atoms with Crippen LogP contribution in [0.5, 0.6) is 0 Å². The second-order valence-electron chi connectivity index (χ2n) is 8.09. The highest BCUT2D eigenvalue weighted by Crippen LogP contribution is 2.36. The van der Waals surface area contributed by atoms with Crippen molar-refractivity contribution in [3.8, 4) is 0 Å². The molecule has 0 saturated heterocycles. The first-order valence-corrected chi connectivity index (χ1v) is 10.5. The Balaban J connectivity index is 1.48. The molecular formula is C23H26F2N6O2. The van der Waals surface area contributed by atoms with Gasteiger partial charge < -0.3 is 20.3 Å². The number of fused-ring (bicyclic) bond motifs is 1. The molecule has 0 spiro atoms. The van der Waals surface area contributed by atoms with Gasteiger partial charge in [0.05, 0.1) is 35.9 Å². The summed E-state index contributed by atoms with van der Waals surface area (Å²) in [6, 6.07) is 5.51. The quantitative estimate of drug-likeness (QED) is 0.568. The average Bonchev–Trinajstić information content (AvgIpc) is 3.23. The lowest BCUT2D eigenvalue weighted by molar-refractivity contribution is -0.120. The van der Waals surface area contributed by atoms with Gasteiger partial charge in [0.15, 0.2) is 11.6 Å². The molecule has 3 aromatic rings. The minimum Gasteiger partial charge on any atom is -0.379 e. The molecule has 2 aromatic heterocycles. The van der Waals surface area contributed by atoms with Crippen molar-refractivity contribution in [1.82, 2.24) is 14.8 Å². The van der Waals surface area contributed by atoms with Crippen molar-refractivity contribution in [2.75, 3.05) is 29.7 Å². The Bertz CT molecular complexity index is 1180. The molecule has 0 bridgehead atoms. The summed E-state index contributed by atoms with van der Waals surface area (Å²) in [5, 5.41) is 10.4. The third kappa shape index (κ3) is 4.51. The maximum Gasteiger partial charge on any atom is 0.249 e. The van der Waals surface area contributed by atoms with E-state index < -0.39 is 17.7 Å². The van der Waals surface area contributed by atoms with Crippen LogP contribution < -0.4 is 15.5 Å². The van der Waals surface area contributed by atoms with Crippen molar-refractivity contribution >= 4 is 23.1 Å². The zero-order valence-corrected chi connectivity index (χ0v) is 18.9. The van der Waals surface area contributed by atoms with E-state index in [9.17, 15) is 13.6 Å². The maximum atomic E-state index is 13.9. The van der Waals surface area contributed by atoms with E-state index in [-0.39, 0.29) is 24.1 Å². The Morgan fingerprint density at radius 1 is 1.33 bits per heavy atom. The van der Waals surface area contributed by atoms with Crippen LogP contribution in [0.3, 0.4) is 0 Å². The predicted molar refractivity (Wildman–Crippen MR) is 121 cm³/mol. The molecule has 10 heteroatoms. The summed E-state index contributed by atoms with van der Waals surface area (Å²) >= 11 is 0. The number of benzene rings is 1. The molecule has 1 aliphatic heterocycles. The predicted octanol–water partition coefficient (Wildman–Crippen LogP) is 3.32. The molecule has 174 valence electrons. The van der Waals surface area contributed by atoms with E-state index in [4.69, 9.17) is 4.74 Å². The lowest BCUT2D eigenvalue weighted by Crippen LogP contribution is -2.52. The highest BCUT2D eigenvalue weighted by atomic mass is 19.2. The second-order valence-corrected chi connectivity index (χ2v) is 8.09. The summed E-state index contributed by atoms with van der Waals surface area (Å²) in [5.41, 5.74) is 3.30. The number of halogens is 2. The van der Waals surface area contributed by atoms with Gasteiger partial charge in [0.1, 0.15) is 11.9 Å². The van der Waals surface area contributed by atoms with Crippen molar-refractivity contribution in [1.29, 1.82) is 0 Å². The number of methoxy groups -OCH3 is 1. The van der Waals surface area contributed by atoms with Gasteiger partial charge in [0, 0.05) is 44.1 Å². The number of anilines is 3. The first kappa shape index (κ1) is 22.7. The van der Waals surface area contributed by atoms with Crippen LogP contribution in [0.25, 0.3) is 0 Å². The van der Waals surface area contributed by atoms with Gasteiger partial charge in [-0.25, -0.2) is 13.8 Å². The highest BCUT2D eigenvalue weighted by Gasteiger charge is 2.36. The molecule has 33 heavy (non-hydrogen) atoms. The van der Waals surface area contributed by atoms with Crippen molar-refractivity contribution in [3.63, 3.8) is 0 Å². The normalized spacial score (nSPS) is 16.4. The van der Waals surface area contributed by atoms with Gasteiger partial charge >= 0.3 is 0 Å². The number of amides is 1. The lowest BCUT2D eigenvalue weighted by Gasteiger charge is -2.38. The number of carbonyl (C=O) groups is 1. The van der Waals surface area contributed by atoms with Crippen molar-refractivity contribution in [3.05, 3.63) is 65.1 Å². The zero-order chi connectivity index (χ0) is 23.7. The number of likely N-dealkylation sites (N-methyl/N-ethyl adjacent to an activating group) is 1. The molecule has 1 aliphatic rings. The molecule has 1 aromatic carbocycles. The second kappa shape index (κ2) is 9.14. The molecule has 3 heterocycles. The lowest BCUT2D eigenvalue weighted by atomic mass is 10.0. The standard InChI is InChI=1S/C23H26F2N6O2/c1-13-21-18(30(3)22(14(2)33-4)23(32)29-21)8-19(28-13)26-9-15-10-27-31(11-15)12-16-6-5-7-17(24)20(16)25/h5-8,10-11,14,22H,9,12H2,1-4H3,(H,26,28)(H,29,32)/t14-,22?/m1/s1. The molecule has 1 amide bonds. The van der Waals surface area contributed by atoms with Gasteiger partial charge in [-0.1, -0.05) is 12.1 Å². The van der Waals surface area contributed by atoms with E-state index in [2.05, 4.69) is 20.7 Å². The molecule has 0 radical (unpaired) electrons. The van der Waals surface area contributed by atoms with Crippen LogP contribution in [0.4, 0.5) is 26.0 Å². The topological polar surface area (TPSA) is 84.3 Å². The van der Waals surface area contributed by atoms with Crippen molar-refractivity contribution in [2.24, 2.45) is 0 Å². The molecule has 2 atom stereocenters. The van der Waals surface area contributed by atoms with E-state index in [1.165, 1.54) is 12.1 Å². The number of aromatic nitrogens is 3. The molecule has 0 fully saturated rings. The van der Waals surface area contributed by atoms with E-state index in [0.717, 1.165) is 17.3 Å². The van der Waals surface area contributed by atoms with Crippen molar-refractivity contribution in [2.45, 2.75) is 39.1 Å². The largest absolute Gasteiger partial charge is 0.379 e. The number of pyridine rings is 1. The number of carbonyl (C=O) groups excluding carboxylic acids is 1. The Kier molecular flexibility index (Phi) is 6.28. The number of nitrogens with zero attached hydrogens (tertiary/aromatic N) is 4. The molecule has 0 saturated carbocycles. The van der Waals surface area contributed by atoms with Gasteiger partial charge in [-0.2, -0.15) is 5.10 Å². The zero-order valence-electron chi connectivity index (χ0n) is 18.9. The molecule has 1 unspecified atom stereocenters. The summed E-state index contributed by atoms with van der Waals surface area (Å²) in [4.78, 5) is 19.0. The first-order chi connectivity index (χ1) is 15.8. The number of aryl methyl sites for hydroxylation is 1. The Morgan fingerprint density at radius 3 is 2.88 bits per heavy atom. The van der Waals surface area contributed by atoms with E-state index in [0.29, 0.717) is 23.7 Å². The molecular weight excluding hydrogens is 430 g/mol. The fourth-order valence-electron chi connectivity index (χ4n) is 3.98. The third-order valence-electron chi connectivity index (χ3n) is 5.83. The summed E-state index contributed by atoms with van der Waals surface area (Å²) in [6.07, 6.45) is 3.14. The maximum absolute atomic E-state index is 13.9. The Morgan fingerprint density at radius 2 is 2.12 bits per heavy atom. The number of hydrogen-bond acceptors (Lipinski definition) is 6. The van der Waals surface area contributed by atoms with Crippen LogP contribution in [-0.2, 0) is 22.6 Å². The Labute approximate surface area is 190 Å². The Hall–Kier alpha value is -3.53. The van der Waals surface area contributed by atoms with Gasteiger partial charge in [0.25, 0.3) is 0 Å². The summed E-state index contributed by atoms with van der Waals surface area (Å²) in [7, 11) is 3.44. The third-order valence-corrected chi connectivity index (χ3v) is 5.83. The van der Waals surface area contributed by atoms with E-state index in [1.54, 1.807) is 24.2 Å². The fraction of sp³-hybridized carbons (Fsp3) is 0.348. The van der Waals surface area contributed by atoms with Crippen LogP contribution in [-0.4, -0.2) is 47.0 Å². The molecule has 0 aliphatic carbocycles. The summed E-state index contributed by atoms with van der Waals surface area (Å²) in [5.74, 6) is -1.23. The van der Waals surface area contributed by atoms with Gasteiger partial charge in [-0.3, -0.25) is 9.48 Å². The van der Waals surface area contributed by atoms with Crippen LogP contribution >= 0.6 is 0 Å².